The maximum atomic E-state index is 11.9. The molecule has 0 heterocycles. The Labute approximate surface area is 125 Å². The van der Waals surface area contributed by atoms with Gasteiger partial charge in [-0.05, 0) is 31.2 Å². The average Bonchev–Trinajstić information content (AvgIpc) is 2.37. The van der Waals surface area contributed by atoms with Crippen molar-refractivity contribution in [3.63, 3.8) is 0 Å². The van der Waals surface area contributed by atoms with E-state index in [0.717, 1.165) is 12.1 Å². The van der Waals surface area contributed by atoms with Gasteiger partial charge in [0.25, 0.3) is 15.7 Å². The molecule has 0 aliphatic carbocycles. The van der Waals surface area contributed by atoms with Gasteiger partial charge in [0.15, 0.2) is 0 Å². The van der Waals surface area contributed by atoms with Crippen LogP contribution in [0, 0.1) is 10.1 Å². The van der Waals surface area contributed by atoms with E-state index >= 15 is 0 Å². The van der Waals surface area contributed by atoms with Gasteiger partial charge in [0.05, 0.1) is 9.82 Å². The molecule has 1 atom stereocenters. The Kier molecular flexibility index (Phi) is 4.99. The van der Waals surface area contributed by atoms with Gasteiger partial charge in [-0.2, -0.15) is 0 Å². The molecule has 2 N–H and O–H groups in total. The van der Waals surface area contributed by atoms with Crippen LogP contribution in [0.1, 0.15) is 6.92 Å². The van der Waals surface area contributed by atoms with E-state index in [9.17, 15) is 28.1 Å². The van der Waals surface area contributed by atoms with Gasteiger partial charge >= 0.3 is 11.3 Å². The Morgan fingerprint density at radius 2 is 1.82 bits per heavy atom. The average molecular weight is 328 g/mol. The molecule has 0 saturated heterocycles. The lowest BCUT2D eigenvalue weighted by atomic mass is 10.3. The van der Waals surface area contributed by atoms with Crippen LogP contribution in [0.4, 0.5) is 5.69 Å². The number of amides is 1. The maximum Gasteiger partial charge on any atom is 0.408 e. The molecule has 1 amide bonds. The molecule has 118 valence electrons. The number of nitrogens with zero attached hydrogens (tertiary/aromatic N) is 1. The number of benzene rings is 1. The van der Waals surface area contributed by atoms with E-state index < -0.39 is 36.9 Å². The lowest BCUT2D eigenvalue weighted by molar-refractivity contribution is -0.486. The van der Waals surface area contributed by atoms with Crippen molar-refractivity contribution in [3.05, 3.63) is 46.5 Å². The van der Waals surface area contributed by atoms with Crippen LogP contribution >= 0.6 is 0 Å². The molecule has 10 heteroatoms. The van der Waals surface area contributed by atoms with E-state index in [2.05, 4.69) is 11.9 Å². The van der Waals surface area contributed by atoms with Gasteiger partial charge in [0.1, 0.15) is 0 Å². The van der Waals surface area contributed by atoms with Crippen molar-refractivity contribution < 1.29 is 28.0 Å². The van der Waals surface area contributed by atoms with Crippen molar-refractivity contribution in [1.82, 2.24) is 0 Å². The van der Waals surface area contributed by atoms with Gasteiger partial charge in [-0.25, -0.2) is 13.2 Å². The van der Waals surface area contributed by atoms with Crippen molar-refractivity contribution in [2.75, 3.05) is 5.32 Å². The molecule has 0 aromatic heterocycles. The zero-order valence-corrected chi connectivity index (χ0v) is 12.2. The fraction of sp³-hybridized carbons (Fsp3) is 0.167. The number of nitrogens with one attached hydrogen (secondary N) is 1. The molecule has 0 fully saturated rings. The highest BCUT2D eigenvalue weighted by molar-refractivity contribution is 7.92. The molecule has 0 spiro atoms. The molecule has 0 radical (unpaired) electrons. The second-order valence-corrected chi connectivity index (χ2v) is 6.29. The molecular formula is C12H12N2O7S. The van der Waals surface area contributed by atoms with Crippen LogP contribution in [0.5, 0.6) is 0 Å². The van der Waals surface area contributed by atoms with Gasteiger partial charge in [0.2, 0.25) is 0 Å². The number of rotatable bonds is 6. The number of sulfone groups is 1. The fourth-order valence-electron chi connectivity index (χ4n) is 1.43. The lowest BCUT2D eigenvalue weighted by Crippen LogP contribution is -2.37. The Morgan fingerprint density at radius 1 is 1.32 bits per heavy atom. The monoisotopic (exact) mass is 328 g/mol. The first-order valence-corrected chi connectivity index (χ1v) is 7.29. The second kappa shape index (κ2) is 6.35. The number of carboxylic acid groups (broad SMARTS) is 1. The molecule has 0 aliphatic rings. The first-order valence-electron chi connectivity index (χ1n) is 5.74. The predicted molar refractivity (Wildman–Crippen MR) is 75.5 cm³/mol. The summed E-state index contributed by atoms with van der Waals surface area (Å²) < 4.78 is 23.9. The molecule has 9 nitrogen and oxygen atoms in total. The smallest absolute Gasteiger partial charge is 0.408 e. The number of nitro groups is 1. The van der Waals surface area contributed by atoms with Crippen LogP contribution < -0.4 is 5.32 Å². The van der Waals surface area contributed by atoms with E-state index in [1.54, 1.807) is 0 Å². The zero-order valence-electron chi connectivity index (χ0n) is 11.3. The highest BCUT2D eigenvalue weighted by Crippen LogP contribution is 2.20. The number of hydrogen-bond acceptors (Lipinski definition) is 6. The number of carbonyl (C=O) groups is 2. The third-order valence-corrected chi connectivity index (χ3v) is 4.42. The van der Waals surface area contributed by atoms with Crippen molar-refractivity contribution in [3.8, 4) is 0 Å². The SMILES string of the molecule is C=C(C)C(=O)Nc1ccc(S(=O)(=O)C(C(=O)O)[N+](=O)[O-])cc1. The van der Waals surface area contributed by atoms with Gasteiger partial charge < -0.3 is 10.4 Å². The summed E-state index contributed by atoms with van der Waals surface area (Å²) in [5.74, 6) is -2.56. The summed E-state index contributed by atoms with van der Waals surface area (Å²) in [7, 11) is -4.69. The summed E-state index contributed by atoms with van der Waals surface area (Å²) >= 11 is 0. The first kappa shape index (κ1) is 17.3. The summed E-state index contributed by atoms with van der Waals surface area (Å²) in [6, 6.07) is 4.32. The molecule has 1 rings (SSSR count). The first-order chi connectivity index (χ1) is 10.1. The van der Waals surface area contributed by atoms with Crippen LogP contribution in [-0.2, 0) is 19.4 Å². The van der Waals surface area contributed by atoms with Crippen molar-refractivity contribution >= 4 is 27.4 Å². The number of carboxylic acids is 1. The molecule has 1 aromatic rings. The Hall–Kier alpha value is -2.75. The molecule has 0 saturated carbocycles. The van der Waals surface area contributed by atoms with E-state index in [1.807, 2.05) is 0 Å². The van der Waals surface area contributed by atoms with Crippen LogP contribution in [0.25, 0.3) is 0 Å². The third-order valence-electron chi connectivity index (χ3n) is 2.52. The number of anilines is 1. The largest absolute Gasteiger partial charge is 0.475 e. The molecular weight excluding hydrogens is 316 g/mol. The Bertz CT molecular complexity index is 723. The highest BCUT2D eigenvalue weighted by Gasteiger charge is 2.44. The molecule has 0 aliphatic heterocycles. The summed E-state index contributed by atoms with van der Waals surface area (Å²) in [6.07, 6.45) is 0. The highest BCUT2D eigenvalue weighted by atomic mass is 32.2. The van der Waals surface area contributed by atoms with Crippen LogP contribution in [0.3, 0.4) is 0 Å². The number of hydrogen-bond donors (Lipinski definition) is 2. The topological polar surface area (TPSA) is 144 Å². The molecule has 0 bridgehead atoms. The van der Waals surface area contributed by atoms with E-state index in [0.29, 0.717) is 0 Å². The minimum atomic E-state index is -4.69. The standard InChI is InChI=1S/C12H12N2O7S/c1-7(2)10(15)13-8-3-5-9(6-4-8)22(20,21)11(12(16)17)14(18)19/h3-6,11H,1H2,2H3,(H,13,15)(H,16,17). The number of aliphatic carboxylic acids is 1. The molecule has 1 aromatic carbocycles. The van der Waals surface area contributed by atoms with E-state index in [1.165, 1.54) is 19.1 Å². The van der Waals surface area contributed by atoms with Gasteiger partial charge in [-0.15, -0.1) is 0 Å². The molecule has 22 heavy (non-hydrogen) atoms. The van der Waals surface area contributed by atoms with Gasteiger partial charge in [-0.3, -0.25) is 14.9 Å². The van der Waals surface area contributed by atoms with Crippen molar-refractivity contribution in [2.24, 2.45) is 0 Å². The minimum absolute atomic E-state index is 0.232. The minimum Gasteiger partial charge on any atom is -0.475 e. The Morgan fingerprint density at radius 3 is 2.18 bits per heavy atom. The Balaban J connectivity index is 3.13. The number of carbonyl (C=O) groups excluding carboxylic acids is 1. The van der Waals surface area contributed by atoms with Crippen LogP contribution in [0.15, 0.2) is 41.3 Å². The van der Waals surface area contributed by atoms with Crippen LogP contribution in [0.2, 0.25) is 0 Å². The second-order valence-electron chi connectivity index (χ2n) is 4.28. The lowest BCUT2D eigenvalue weighted by Gasteiger charge is -2.08. The predicted octanol–water partition coefficient (Wildman–Crippen LogP) is 0.662. The fourth-order valence-corrected chi connectivity index (χ4v) is 2.70. The summed E-state index contributed by atoms with van der Waals surface area (Å²) in [5.41, 5.74) is 0.468. The summed E-state index contributed by atoms with van der Waals surface area (Å²) in [5, 5.41) is 18.9. The zero-order chi connectivity index (χ0) is 17.1. The van der Waals surface area contributed by atoms with Gasteiger partial charge in [0, 0.05) is 11.3 Å². The third kappa shape index (κ3) is 3.67. The van der Waals surface area contributed by atoms with E-state index in [4.69, 9.17) is 5.11 Å². The quantitative estimate of drug-likeness (QED) is 0.443. The van der Waals surface area contributed by atoms with Crippen molar-refractivity contribution in [2.45, 2.75) is 17.2 Å². The summed E-state index contributed by atoms with van der Waals surface area (Å²) in [6.45, 7) is 4.90. The van der Waals surface area contributed by atoms with Crippen LogP contribution in [-0.4, -0.2) is 35.7 Å². The maximum absolute atomic E-state index is 11.9. The van der Waals surface area contributed by atoms with Gasteiger partial charge in [-0.1, -0.05) is 6.58 Å². The molecule has 1 unspecified atom stereocenters. The van der Waals surface area contributed by atoms with Crippen molar-refractivity contribution in [1.29, 1.82) is 0 Å². The van der Waals surface area contributed by atoms with E-state index in [-0.39, 0.29) is 11.3 Å². The summed E-state index contributed by atoms with van der Waals surface area (Å²) in [4.78, 5) is 30.8. The normalized spacial score (nSPS) is 12.2.